The topological polar surface area (TPSA) is 40.2 Å². The minimum atomic E-state index is 0.0231. The first-order valence-electron chi connectivity index (χ1n) is 8.55. The molecule has 3 rings (SSSR count). The molecule has 1 unspecified atom stereocenters. The molecular formula is C20H25NO4. The first kappa shape index (κ1) is 17.4. The molecule has 0 bridgehead atoms. The SMILES string of the molecule is CCN(Cc1ccc(OC)c(OC)c1)CC1COc2ccccc2O1. The molecule has 2 aromatic carbocycles. The monoisotopic (exact) mass is 343 g/mol. The van der Waals surface area contributed by atoms with E-state index >= 15 is 0 Å². The van der Waals surface area contributed by atoms with Gasteiger partial charge in [0, 0.05) is 13.1 Å². The quantitative estimate of drug-likeness (QED) is 0.771. The van der Waals surface area contributed by atoms with Gasteiger partial charge in [0.25, 0.3) is 0 Å². The van der Waals surface area contributed by atoms with Crippen LogP contribution in [0.15, 0.2) is 42.5 Å². The third-order valence-corrected chi connectivity index (χ3v) is 4.33. The van der Waals surface area contributed by atoms with Crippen LogP contribution in [-0.4, -0.2) is 44.9 Å². The van der Waals surface area contributed by atoms with Crippen LogP contribution in [-0.2, 0) is 6.54 Å². The Labute approximate surface area is 149 Å². The van der Waals surface area contributed by atoms with Crippen LogP contribution in [0, 0.1) is 0 Å². The molecule has 5 heteroatoms. The summed E-state index contributed by atoms with van der Waals surface area (Å²) in [5.74, 6) is 3.14. The van der Waals surface area contributed by atoms with E-state index in [-0.39, 0.29) is 6.10 Å². The van der Waals surface area contributed by atoms with Gasteiger partial charge >= 0.3 is 0 Å². The predicted octanol–water partition coefficient (Wildman–Crippen LogP) is 3.37. The van der Waals surface area contributed by atoms with E-state index in [1.165, 1.54) is 5.56 Å². The molecule has 1 heterocycles. The predicted molar refractivity (Wildman–Crippen MR) is 96.9 cm³/mol. The van der Waals surface area contributed by atoms with Crippen molar-refractivity contribution in [1.82, 2.24) is 4.90 Å². The Morgan fingerprint density at radius 1 is 1.04 bits per heavy atom. The second-order valence-electron chi connectivity index (χ2n) is 6.01. The van der Waals surface area contributed by atoms with Gasteiger partial charge in [-0.05, 0) is 36.4 Å². The Kier molecular flexibility index (Phi) is 5.66. The first-order chi connectivity index (χ1) is 12.2. The minimum absolute atomic E-state index is 0.0231. The lowest BCUT2D eigenvalue weighted by Crippen LogP contribution is -2.40. The molecule has 0 amide bonds. The number of ether oxygens (including phenoxy) is 4. The molecule has 134 valence electrons. The van der Waals surface area contributed by atoms with Gasteiger partial charge in [-0.15, -0.1) is 0 Å². The van der Waals surface area contributed by atoms with E-state index in [9.17, 15) is 0 Å². The maximum absolute atomic E-state index is 6.07. The summed E-state index contributed by atoms with van der Waals surface area (Å²) in [5.41, 5.74) is 1.18. The van der Waals surface area contributed by atoms with Gasteiger partial charge in [0.1, 0.15) is 12.7 Å². The zero-order chi connectivity index (χ0) is 17.6. The molecule has 0 aromatic heterocycles. The van der Waals surface area contributed by atoms with Crippen molar-refractivity contribution in [3.8, 4) is 23.0 Å². The number of nitrogens with zero attached hydrogens (tertiary/aromatic N) is 1. The van der Waals surface area contributed by atoms with E-state index in [0.717, 1.165) is 42.6 Å². The Morgan fingerprint density at radius 2 is 1.80 bits per heavy atom. The lowest BCUT2D eigenvalue weighted by atomic mass is 10.1. The van der Waals surface area contributed by atoms with Crippen molar-refractivity contribution in [2.45, 2.75) is 19.6 Å². The van der Waals surface area contributed by atoms with Crippen LogP contribution in [0.1, 0.15) is 12.5 Å². The third-order valence-electron chi connectivity index (χ3n) is 4.33. The third kappa shape index (κ3) is 4.17. The summed E-state index contributed by atoms with van der Waals surface area (Å²) in [6, 6.07) is 13.8. The Bertz CT molecular complexity index is 704. The number of rotatable bonds is 7. The van der Waals surface area contributed by atoms with Gasteiger partial charge < -0.3 is 18.9 Å². The molecule has 0 spiro atoms. The number of hydrogen-bond acceptors (Lipinski definition) is 5. The summed E-state index contributed by atoms with van der Waals surface area (Å²) in [4.78, 5) is 2.34. The van der Waals surface area contributed by atoms with Crippen LogP contribution in [0.4, 0.5) is 0 Å². The number of para-hydroxylation sites is 2. The summed E-state index contributed by atoms with van der Waals surface area (Å²) >= 11 is 0. The van der Waals surface area contributed by atoms with Gasteiger partial charge in [0.15, 0.2) is 23.0 Å². The summed E-state index contributed by atoms with van der Waals surface area (Å²) in [6.45, 7) is 5.27. The van der Waals surface area contributed by atoms with Gasteiger partial charge in [-0.3, -0.25) is 4.90 Å². The fourth-order valence-electron chi connectivity index (χ4n) is 2.98. The van der Waals surface area contributed by atoms with Crippen molar-refractivity contribution < 1.29 is 18.9 Å². The second kappa shape index (κ2) is 8.12. The molecule has 1 aliphatic rings. The summed E-state index contributed by atoms with van der Waals surface area (Å²) < 4.78 is 22.6. The average molecular weight is 343 g/mol. The van der Waals surface area contributed by atoms with Crippen LogP contribution in [0.3, 0.4) is 0 Å². The smallest absolute Gasteiger partial charge is 0.161 e. The largest absolute Gasteiger partial charge is 0.493 e. The number of hydrogen-bond donors (Lipinski definition) is 0. The van der Waals surface area contributed by atoms with Gasteiger partial charge in [0.05, 0.1) is 14.2 Å². The maximum atomic E-state index is 6.07. The molecule has 2 aromatic rings. The molecule has 0 radical (unpaired) electrons. The highest BCUT2D eigenvalue weighted by atomic mass is 16.6. The van der Waals surface area contributed by atoms with Gasteiger partial charge in [-0.1, -0.05) is 25.1 Å². The number of methoxy groups -OCH3 is 2. The molecule has 0 aliphatic carbocycles. The molecule has 1 aliphatic heterocycles. The van der Waals surface area contributed by atoms with Crippen LogP contribution in [0.25, 0.3) is 0 Å². The summed E-state index contributed by atoms with van der Waals surface area (Å²) in [6.07, 6.45) is 0.0231. The normalized spacial score (nSPS) is 15.9. The summed E-state index contributed by atoms with van der Waals surface area (Å²) in [7, 11) is 3.30. The van der Waals surface area contributed by atoms with E-state index in [2.05, 4.69) is 17.9 Å². The molecule has 0 fully saturated rings. The zero-order valence-electron chi connectivity index (χ0n) is 15.0. The van der Waals surface area contributed by atoms with Crippen LogP contribution in [0.2, 0.25) is 0 Å². The van der Waals surface area contributed by atoms with Crippen LogP contribution >= 0.6 is 0 Å². The van der Waals surface area contributed by atoms with Crippen molar-refractivity contribution >= 4 is 0 Å². The number of benzene rings is 2. The van der Waals surface area contributed by atoms with Crippen molar-refractivity contribution in [3.63, 3.8) is 0 Å². The fourth-order valence-corrected chi connectivity index (χ4v) is 2.98. The lowest BCUT2D eigenvalue weighted by molar-refractivity contribution is 0.0580. The molecule has 1 atom stereocenters. The van der Waals surface area contributed by atoms with E-state index in [1.54, 1.807) is 14.2 Å². The lowest BCUT2D eigenvalue weighted by Gasteiger charge is -2.31. The van der Waals surface area contributed by atoms with Crippen LogP contribution in [0.5, 0.6) is 23.0 Å². The van der Waals surface area contributed by atoms with E-state index in [4.69, 9.17) is 18.9 Å². The Morgan fingerprint density at radius 3 is 2.52 bits per heavy atom. The standard InChI is InChI=1S/C20H25NO4/c1-4-21(12-15-9-10-17(22-2)20(11-15)23-3)13-16-14-24-18-7-5-6-8-19(18)25-16/h5-11,16H,4,12-14H2,1-3H3. The molecule has 0 N–H and O–H groups in total. The molecule has 0 saturated heterocycles. The molecule has 5 nitrogen and oxygen atoms in total. The second-order valence-corrected chi connectivity index (χ2v) is 6.01. The van der Waals surface area contributed by atoms with Gasteiger partial charge in [-0.25, -0.2) is 0 Å². The number of likely N-dealkylation sites (N-methyl/N-ethyl adjacent to an activating group) is 1. The maximum Gasteiger partial charge on any atom is 0.161 e. The van der Waals surface area contributed by atoms with Crippen LogP contribution < -0.4 is 18.9 Å². The summed E-state index contributed by atoms with van der Waals surface area (Å²) in [5, 5.41) is 0. The van der Waals surface area contributed by atoms with Crippen molar-refractivity contribution in [2.75, 3.05) is 33.9 Å². The minimum Gasteiger partial charge on any atom is -0.493 e. The Hall–Kier alpha value is -2.40. The van der Waals surface area contributed by atoms with E-state index < -0.39 is 0 Å². The highest BCUT2D eigenvalue weighted by Gasteiger charge is 2.22. The molecular weight excluding hydrogens is 318 g/mol. The highest BCUT2D eigenvalue weighted by molar-refractivity contribution is 5.43. The van der Waals surface area contributed by atoms with Crippen molar-refractivity contribution in [3.05, 3.63) is 48.0 Å². The Balaban J connectivity index is 1.64. The zero-order valence-corrected chi connectivity index (χ0v) is 15.0. The number of fused-ring (bicyclic) bond motifs is 1. The highest BCUT2D eigenvalue weighted by Crippen LogP contribution is 2.31. The van der Waals surface area contributed by atoms with Crippen molar-refractivity contribution in [1.29, 1.82) is 0 Å². The average Bonchev–Trinajstić information content (AvgIpc) is 2.67. The van der Waals surface area contributed by atoms with Crippen molar-refractivity contribution in [2.24, 2.45) is 0 Å². The van der Waals surface area contributed by atoms with Gasteiger partial charge in [0.2, 0.25) is 0 Å². The first-order valence-corrected chi connectivity index (χ1v) is 8.55. The fraction of sp³-hybridized carbons (Fsp3) is 0.400. The molecule has 25 heavy (non-hydrogen) atoms. The van der Waals surface area contributed by atoms with E-state index in [0.29, 0.717) is 6.61 Å². The van der Waals surface area contributed by atoms with Gasteiger partial charge in [-0.2, -0.15) is 0 Å². The van der Waals surface area contributed by atoms with E-state index in [1.807, 2.05) is 36.4 Å². The molecule has 0 saturated carbocycles.